The molecule has 0 radical (unpaired) electrons. The van der Waals surface area contributed by atoms with Gasteiger partial charge in [-0.25, -0.2) is 29.9 Å². The molecule has 0 bridgehead atoms. The zero-order valence-electron chi connectivity index (χ0n) is 22.9. The maximum atomic E-state index is 5.91. The van der Waals surface area contributed by atoms with E-state index in [1.807, 2.05) is 35.2 Å². The molecular formula is C28H35ClN10. The molecule has 4 aliphatic heterocycles. The molecule has 5 aliphatic rings. The smallest absolute Gasteiger partial charge is 0.166 e. The molecule has 6 rings (SSSR count). The quantitative estimate of drug-likeness (QED) is 0.254. The number of hydrogen-bond donors (Lipinski definition) is 2. The van der Waals surface area contributed by atoms with Crippen LogP contribution in [0.4, 0.5) is 11.6 Å². The van der Waals surface area contributed by atoms with Crippen molar-refractivity contribution in [3.8, 4) is 23.0 Å². The van der Waals surface area contributed by atoms with Crippen molar-refractivity contribution in [3.63, 3.8) is 0 Å². The highest BCUT2D eigenvalue weighted by Gasteiger charge is 2.31. The van der Waals surface area contributed by atoms with E-state index in [1.165, 1.54) is 12.8 Å². The Labute approximate surface area is 233 Å². The van der Waals surface area contributed by atoms with Crippen molar-refractivity contribution in [2.75, 3.05) is 17.6 Å². The van der Waals surface area contributed by atoms with Crippen molar-refractivity contribution in [3.05, 3.63) is 59.2 Å². The van der Waals surface area contributed by atoms with Gasteiger partial charge in [-0.15, -0.1) is 0 Å². The highest BCUT2D eigenvalue weighted by Crippen LogP contribution is 2.40. The molecule has 10 nitrogen and oxygen atoms in total. The molecule has 1 aromatic carbocycles. The van der Waals surface area contributed by atoms with E-state index in [1.54, 1.807) is 6.33 Å². The van der Waals surface area contributed by atoms with Gasteiger partial charge in [0.1, 0.15) is 11.6 Å². The third-order valence-electron chi connectivity index (χ3n) is 6.52. The SMILES string of the molecule is CC(C)c1nc2c(N)ncn(Cc3ccc(Cl)cc3)c-2n1.CCCn1cnc(NCC)c2nc(C3CC3)nc1-2. The highest BCUT2D eigenvalue weighted by molar-refractivity contribution is 6.30. The molecule has 1 fully saturated rings. The molecule has 204 valence electrons. The van der Waals surface area contributed by atoms with Crippen LogP contribution in [-0.4, -0.2) is 45.6 Å². The summed E-state index contributed by atoms with van der Waals surface area (Å²) >= 11 is 5.91. The lowest BCUT2D eigenvalue weighted by Gasteiger charge is -2.12. The Balaban J connectivity index is 0.000000160. The van der Waals surface area contributed by atoms with Crippen LogP contribution >= 0.6 is 11.6 Å². The molecule has 0 saturated heterocycles. The van der Waals surface area contributed by atoms with Crippen LogP contribution in [0.3, 0.4) is 0 Å². The minimum Gasteiger partial charge on any atom is -0.382 e. The number of imidazole rings is 2. The highest BCUT2D eigenvalue weighted by atomic mass is 35.5. The Morgan fingerprint density at radius 1 is 0.949 bits per heavy atom. The number of rotatable bonds is 8. The van der Waals surface area contributed by atoms with Crippen molar-refractivity contribution in [1.29, 1.82) is 0 Å². The fraction of sp³-hybridized carbons (Fsp3) is 0.429. The van der Waals surface area contributed by atoms with Crippen LogP contribution in [0, 0.1) is 0 Å². The number of aromatic nitrogens is 8. The molecule has 0 amide bonds. The summed E-state index contributed by atoms with van der Waals surface area (Å²) < 4.78 is 4.06. The minimum atomic E-state index is 0.251. The van der Waals surface area contributed by atoms with Crippen molar-refractivity contribution >= 4 is 23.2 Å². The Kier molecular flexibility index (Phi) is 7.92. The van der Waals surface area contributed by atoms with E-state index in [0.29, 0.717) is 24.0 Å². The van der Waals surface area contributed by atoms with Gasteiger partial charge in [0.2, 0.25) is 0 Å². The first-order valence-electron chi connectivity index (χ1n) is 13.6. The average Bonchev–Trinajstić information content (AvgIpc) is 3.49. The summed E-state index contributed by atoms with van der Waals surface area (Å²) in [4.78, 5) is 27.1. The van der Waals surface area contributed by atoms with Crippen molar-refractivity contribution in [1.82, 2.24) is 39.0 Å². The lowest BCUT2D eigenvalue weighted by Crippen LogP contribution is -2.09. The van der Waals surface area contributed by atoms with Crippen LogP contribution in [0.5, 0.6) is 0 Å². The van der Waals surface area contributed by atoms with Gasteiger partial charge in [0.05, 0.1) is 19.2 Å². The lowest BCUT2D eigenvalue weighted by atomic mass is 10.2. The second-order valence-electron chi connectivity index (χ2n) is 10.1. The van der Waals surface area contributed by atoms with Gasteiger partial charge in [0, 0.05) is 29.9 Å². The number of anilines is 2. The van der Waals surface area contributed by atoms with E-state index < -0.39 is 0 Å². The van der Waals surface area contributed by atoms with Crippen molar-refractivity contribution < 1.29 is 0 Å². The number of nitrogens with one attached hydrogen (secondary N) is 1. The van der Waals surface area contributed by atoms with Gasteiger partial charge in [0.25, 0.3) is 0 Å². The fourth-order valence-corrected chi connectivity index (χ4v) is 4.44. The zero-order valence-corrected chi connectivity index (χ0v) is 23.7. The van der Waals surface area contributed by atoms with Crippen LogP contribution in [0.2, 0.25) is 5.02 Å². The summed E-state index contributed by atoms with van der Waals surface area (Å²) in [5, 5.41) is 3.99. The van der Waals surface area contributed by atoms with Gasteiger partial charge in [0.15, 0.2) is 34.7 Å². The third-order valence-corrected chi connectivity index (χ3v) is 6.78. The van der Waals surface area contributed by atoms with Crippen LogP contribution in [0.15, 0.2) is 36.9 Å². The third kappa shape index (κ3) is 5.95. The van der Waals surface area contributed by atoms with E-state index in [9.17, 15) is 0 Å². The number of halogens is 1. The van der Waals surface area contributed by atoms with Gasteiger partial charge >= 0.3 is 0 Å². The lowest BCUT2D eigenvalue weighted by molar-refractivity contribution is 0.659. The zero-order chi connectivity index (χ0) is 27.5. The number of fused-ring (bicyclic) bond motifs is 2. The summed E-state index contributed by atoms with van der Waals surface area (Å²) in [6.45, 7) is 10.8. The second kappa shape index (κ2) is 11.5. The van der Waals surface area contributed by atoms with Crippen LogP contribution in [-0.2, 0) is 13.1 Å². The number of nitrogens with zero attached hydrogens (tertiary/aromatic N) is 8. The topological polar surface area (TPSA) is 125 Å². The standard InChI is InChI=1S/C15H16ClN5.C13H19N5/c1-9(2)14-19-12-13(17)18-8-21(15(12)20-14)7-10-3-5-11(16)6-4-10;1-3-7-18-8-15-12(14-4-2)10-13(18)17-11(16-10)9-5-6-9/h3-6,8-9H,7,17H2,1-2H3;8-9,14H,3-7H2,1-2H3. The van der Waals surface area contributed by atoms with Gasteiger partial charge < -0.3 is 20.2 Å². The monoisotopic (exact) mass is 546 g/mol. The van der Waals surface area contributed by atoms with Crippen LogP contribution in [0.1, 0.15) is 76.0 Å². The number of aryl methyl sites for hydroxylation is 1. The molecule has 1 aromatic rings. The molecule has 0 aromatic heterocycles. The number of nitrogen functional groups attached to an aromatic ring is 1. The van der Waals surface area contributed by atoms with Crippen molar-refractivity contribution in [2.45, 2.75) is 71.9 Å². The summed E-state index contributed by atoms with van der Waals surface area (Å²) in [6.07, 6.45) is 7.11. The Hall–Kier alpha value is -3.79. The molecule has 0 atom stereocenters. The summed E-state index contributed by atoms with van der Waals surface area (Å²) in [6, 6.07) is 7.71. The summed E-state index contributed by atoms with van der Waals surface area (Å²) in [5.74, 6) is 5.64. The van der Waals surface area contributed by atoms with Crippen molar-refractivity contribution in [2.24, 2.45) is 0 Å². The largest absolute Gasteiger partial charge is 0.382 e. The molecule has 11 heteroatoms. The molecule has 0 spiro atoms. The van der Waals surface area contributed by atoms with Crippen LogP contribution in [0.25, 0.3) is 23.0 Å². The van der Waals surface area contributed by atoms with E-state index >= 15 is 0 Å². The van der Waals surface area contributed by atoms with Gasteiger partial charge in [-0.2, -0.15) is 0 Å². The first kappa shape index (κ1) is 26.8. The van der Waals surface area contributed by atoms with E-state index in [0.717, 1.165) is 64.9 Å². The number of nitrogens with two attached hydrogens (primary N) is 1. The van der Waals surface area contributed by atoms with Gasteiger partial charge in [-0.3, -0.25) is 0 Å². The Morgan fingerprint density at radius 3 is 2.33 bits per heavy atom. The second-order valence-corrected chi connectivity index (χ2v) is 10.6. The number of hydrogen-bond acceptors (Lipinski definition) is 8. The predicted molar refractivity (Wildman–Crippen MR) is 154 cm³/mol. The normalized spacial score (nSPS) is 13.2. The maximum absolute atomic E-state index is 5.91. The van der Waals surface area contributed by atoms with Gasteiger partial charge in [-0.05, 0) is 43.9 Å². The summed E-state index contributed by atoms with van der Waals surface area (Å²) in [7, 11) is 0. The summed E-state index contributed by atoms with van der Waals surface area (Å²) in [5.41, 5.74) is 8.61. The van der Waals surface area contributed by atoms with E-state index in [-0.39, 0.29) is 5.92 Å². The fourth-order valence-electron chi connectivity index (χ4n) is 4.31. The molecule has 1 saturated carbocycles. The maximum Gasteiger partial charge on any atom is 0.166 e. The van der Waals surface area contributed by atoms with Gasteiger partial charge in [-0.1, -0.05) is 44.5 Å². The Bertz CT molecular complexity index is 1430. The molecular weight excluding hydrogens is 512 g/mol. The molecule has 1 aliphatic carbocycles. The number of benzene rings is 1. The predicted octanol–water partition coefficient (Wildman–Crippen LogP) is 5.68. The molecule has 3 N–H and O–H groups in total. The minimum absolute atomic E-state index is 0.251. The average molecular weight is 547 g/mol. The first-order chi connectivity index (χ1) is 18.9. The molecule has 39 heavy (non-hydrogen) atoms. The van der Waals surface area contributed by atoms with Crippen LogP contribution < -0.4 is 11.1 Å². The van der Waals surface area contributed by atoms with E-state index in [2.05, 4.69) is 62.5 Å². The first-order valence-corrected chi connectivity index (χ1v) is 13.9. The molecule has 4 heterocycles. The molecule has 0 unspecified atom stereocenters. The van der Waals surface area contributed by atoms with E-state index in [4.69, 9.17) is 22.3 Å². The Morgan fingerprint density at radius 2 is 1.67 bits per heavy atom.